The van der Waals surface area contributed by atoms with Crippen LogP contribution in [0.3, 0.4) is 0 Å². The van der Waals surface area contributed by atoms with Gasteiger partial charge in [-0.15, -0.1) is 11.3 Å². The van der Waals surface area contributed by atoms with Crippen molar-refractivity contribution < 1.29 is 9.18 Å². The zero-order valence-corrected chi connectivity index (χ0v) is 11.3. The van der Waals surface area contributed by atoms with E-state index in [1.807, 2.05) is 6.92 Å². The predicted molar refractivity (Wildman–Crippen MR) is 73.2 cm³/mol. The summed E-state index contributed by atoms with van der Waals surface area (Å²) in [6.07, 6.45) is 2.35. The average Bonchev–Trinajstić information content (AvgIpc) is 3.16. The van der Waals surface area contributed by atoms with Gasteiger partial charge in [0.2, 0.25) is 0 Å². The molecule has 5 heteroatoms. The monoisotopic (exact) mass is 276 g/mol. The maximum Gasteiger partial charge on any atom is 0.267 e. The summed E-state index contributed by atoms with van der Waals surface area (Å²) >= 11 is 1.46. The van der Waals surface area contributed by atoms with Crippen LogP contribution in [0.5, 0.6) is 0 Å². The number of aromatic nitrogens is 1. The van der Waals surface area contributed by atoms with Crippen LogP contribution in [0.4, 0.5) is 10.1 Å². The Morgan fingerprint density at radius 1 is 1.37 bits per heavy atom. The molecule has 3 nitrogen and oxygen atoms in total. The second-order valence-corrected chi connectivity index (χ2v) is 5.73. The molecule has 0 radical (unpaired) electrons. The first-order valence-electron chi connectivity index (χ1n) is 6.18. The highest BCUT2D eigenvalue weighted by molar-refractivity contribution is 7.14. The number of hydrogen-bond acceptors (Lipinski definition) is 3. The smallest absolute Gasteiger partial charge is 0.267 e. The molecule has 1 aliphatic carbocycles. The van der Waals surface area contributed by atoms with E-state index >= 15 is 0 Å². The highest BCUT2D eigenvalue weighted by Gasteiger charge is 2.28. The molecule has 0 unspecified atom stereocenters. The van der Waals surface area contributed by atoms with E-state index in [4.69, 9.17) is 0 Å². The lowest BCUT2D eigenvalue weighted by Gasteiger charge is -2.03. The van der Waals surface area contributed by atoms with Gasteiger partial charge >= 0.3 is 0 Å². The van der Waals surface area contributed by atoms with E-state index < -0.39 is 0 Å². The highest BCUT2D eigenvalue weighted by atomic mass is 32.1. The van der Waals surface area contributed by atoms with E-state index in [0.29, 0.717) is 16.5 Å². The van der Waals surface area contributed by atoms with Crippen LogP contribution in [0.1, 0.15) is 39.1 Å². The highest BCUT2D eigenvalue weighted by Crippen LogP contribution is 2.42. The van der Waals surface area contributed by atoms with E-state index in [1.54, 1.807) is 12.1 Å². The summed E-state index contributed by atoms with van der Waals surface area (Å²) in [6, 6.07) is 5.74. The van der Waals surface area contributed by atoms with Crippen LogP contribution < -0.4 is 5.32 Å². The number of nitrogens with one attached hydrogen (secondary N) is 1. The number of carbonyl (C=O) groups excluding carboxylic acids is 1. The van der Waals surface area contributed by atoms with Crippen LogP contribution in [-0.4, -0.2) is 10.9 Å². The van der Waals surface area contributed by atoms with Crippen LogP contribution in [0, 0.1) is 12.7 Å². The summed E-state index contributed by atoms with van der Waals surface area (Å²) in [6.45, 7) is 1.85. The lowest BCUT2D eigenvalue weighted by Crippen LogP contribution is -2.11. The summed E-state index contributed by atoms with van der Waals surface area (Å²) in [5.41, 5.74) is 1.36. The molecule has 1 N–H and O–H groups in total. The SMILES string of the molecule is Cc1nc(C2CC2)sc1C(=O)Nc1ccc(F)cc1. The largest absolute Gasteiger partial charge is 0.321 e. The molecule has 0 bridgehead atoms. The van der Waals surface area contributed by atoms with Crippen molar-refractivity contribution in [1.29, 1.82) is 0 Å². The molecule has 1 aromatic carbocycles. The number of amides is 1. The number of benzene rings is 1. The number of anilines is 1. The maximum absolute atomic E-state index is 12.8. The molecule has 1 heterocycles. The second kappa shape index (κ2) is 4.74. The molecule has 1 amide bonds. The summed E-state index contributed by atoms with van der Waals surface area (Å²) < 4.78 is 12.8. The molecule has 0 atom stereocenters. The molecule has 1 fully saturated rings. The molecule has 0 saturated heterocycles. The molecule has 1 saturated carbocycles. The van der Waals surface area contributed by atoms with Crippen molar-refractivity contribution in [3.05, 3.63) is 45.7 Å². The fraction of sp³-hybridized carbons (Fsp3) is 0.286. The predicted octanol–water partition coefficient (Wildman–Crippen LogP) is 3.72. The Kier molecular flexibility index (Phi) is 3.06. The summed E-state index contributed by atoms with van der Waals surface area (Å²) in [7, 11) is 0. The van der Waals surface area contributed by atoms with Gasteiger partial charge in [-0.25, -0.2) is 9.37 Å². The quantitative estimate of drug-likeness (QED) is 0.928. The van der Waals surface area contributed by atoms with Crippen LogP contribution >= 0.6 is 11.3 Å². The van der Waals surface area contributed by atoms with Gasteiger partial charge in [0, 0.05) is 11.6 Å². The van der Waals surface area contributed by atoms with Crippen LogP contribution in [0.2, 0.25) is 0 Å². The van der Waals surface area contributed by atoms with Gasteiger partial charge in [-0.05, 0) is 44.0 Å². The molecule has 2 aromatic rings. The Balaban J connectivity index is 1.77. The first kappa shape index (κ1) is 12.3. The van der Waals surface area contributed by atoms with Crippen molar-refractivity contribution in [2.24, 2.45) is 0 Å². The van der Waals surface area contributed by atoms with Gasteiger partial charge in [0.15, 0.2) is 0 Å². The van der Waals surface area contributed by atoms with E-state index in [0.717, 1.165) is 10.7 Å². The van der Waals surface area contributed by atoms with Crippen LogP contribution in [-0.2, 0) is 0 Å². The first-order chi connectivity index (χ1) is 9.13. The fourth-order valence-corrected chi connectivity index (χ4v) is 2.99. The van der Waals surface area contributed by atoms with Crippen molar-refractivity contribution >= 4 is 22.9 Å². The van der Waals surface area contributed by atoms with E-state index in [2.05, 4.69) is 10.3 Å². The van der Waals surface area contributed by atoms with E-state index in [1.165, 1.54) is 36.3 Å². The standard InChI is InChI=1S/C14H13FN2OS/c1-8-12(19-14(16-8)9-2-3-9)13(18)17-11-6-4-10(15)5-7-11/h4-7,9H,2-3H2,1H3,(H,17,18). The third-order valence-electron chi connectivity index (χ3n) is 3.05. The Labute approximate surface area is 114 Å². The number of rotatable bonds is 3. The normalized spacial score (nSPS) is 14.4. The maximum atomic E-state index is 12.8. The molecular formula is C14H13FN2OS. The van der Waals surface area contributed by atoms with Gasteiger partial charge in [0.25, 0.3) is 5.91 Å². The van der Waals surface area contributed by atoms with Gasteiger partial charge in [0.1, 0.15) is 10.7 Å². The lowest BCUT2D eigenvalue weighted by molar-refractivity contribution is 0.103. The minimum atomic E-state index is -0.317. The molecule has 0 aliphatic heterocycles. The van der Waals surface area contributed by atoms with Gasteiger partial charge in [-0.1, -0.05) is 0 Å². The molecule has 1 aliphatic rings. The number of carbonyl (C=O) groups is 1. The Morgan fingerprint density at radius 2 is 2.05 bits per heavy atom. The Bertz CT molecular complexity index is 617. The Morgan fingerprint density at radius 3 is 2.68 bits per heavy atom. The number of nitrogens with zero attached hydrogens (tertiary/aromatic N) is 1. The topological polar surface area (TPSA) is 42.0 Å². The van der Waals surface area contributed by atoms with E-state index in [-0.39, 0.29) is 11.7 Å². The van der Waals surface area contributed by atoms with Crippen molar-refractivity contribution in [3.63, 3.8) is 0 Å². The molecule has 3 rings (SSSR count). The summed E-state index contributed by atoms with van der Waals surface area (Å²) in [4.78, 5) is 17.2. The van der Waals surface area contributed by atoms with Crippen molar-refractivity contribution in [1.82, 2.24) is 4.98 Å². The average molecular weight is 276 g/mol. The second-order valence-electron chi connectivity index (χ2n) is 4.70. The number of hydrogen-bond donors (Lipinski definition) is 1. The van der Waals surface area contributed by atoms with Crippen molar-refractivity contribution in [2.45, 2.75) is 25.7 Å². The zero-order chi connectivity index (χ0) is 13.4. The van der Waals surface area contributed by atoms with Crippen molar-refractivity contribution in [3.8, 4) is 0 Å². The fourth-order valence-electron chi connectivity index (χ4n) is 1.85. The number of aryl methyl sites for hydroxylation is 1. The van der Waals surface area contributed by atoms with Gasteiger partial charge in [-0.2, -0.15) is 0 Å². The third kappa shape index (κ3) is 2.66. The summed E-state index contributed by atoms with van der Waals surface area (Å²) in [5.74, 6) is 0.0626. The minimum Gasteiger partial charge on any atom is -0.321 e. The molecular weight excluding hydrogens is 263 g/mol. The lowest BCUT2D eigenvalue weighted by atomic mass is 10.3. The zero-order valence-electron chi connectivity index (χ0n) is 10.4. The van der Waals surface area contributed by atoms with Crippen molar-refractivity contribution in [2.75, 3.05) is 5.32 Å². The van der Waals surface area contributed by atoms with E-state index in [9.17, 15) is 9.18 Å². The van der Waals surface area contributed by atoms with Gasteiger partial charge < -0.3 is 5.32 Å². The van der Waals surface area contributed by atoms with Crippen LogP contribution in [0.25, 0.3) is 0 Å². The number of thiazole rings is 1. The number of halogens is 1. The molecule has 0 spiro atoms. The third-order valence-corrected chi connectivity index (χ3v) is 4.37. The summed E-state index contributed by atoms with van der Waals surface area (Å²) in [5, 5.41) is 3.82. The van der Waals surface area contributed by atoms with Gasteiger partial charge in [0.05, 0.1) is 10.7 Å². The molecule has 19 heavy (non-hydrogen) atoms. The first-order valence-corrected chi connectivity index (χ1v) is 6.99. The molecule has 1 aromatic heterocycles. The van der Waals surface area contributed by atoms with Gasteiger partial charge in [-0.3, -0.25) is 4.79 Å². The minimum absolute atomic E-state index is 0.173. The molecule has 98 valence electrons. The Hall–Kier alpha value is -1.75. The van der Waals surface area contributed by atoms with Crippen LogP contribution in [0.15, 0.2) is 24.3 Å².